The van der Waals surface area contributed by atoms with Gasteiger partial charge < -0.3 is 10.2 Å². The van der Waals surface area contributed by atoms with Crippen molar-refractivity contribution in [3.8, 4) is 0 Å². The third kappa shape index (κ3) is 6.23. The molecule has 1 rings (SSSR count). The summed E-state index contributed by atoms with van der Waals surface area (Å²) >= 11 is 0. The number of nitrogens with zero attached hydrogens (tertiary/aromatic N) is 1. The second kappa shape index (κ2) is 7.88. The Kier molecular flexibility index (Phi) is 6.83. The van der Waals surface area contributed by atoms with Gasteiger partial charge in [0.2, 0.25) is 0 Å². The number of likely N-dealkylation sites (N-methyl/N-ethyl adjacent to an activating group) is 1. The molecule has 100 valence electrons. The average molecular weight is 238 g/mol. The predicted octanol–water partition coefficient (Wildman–Crippen LogP) is 2.91. The van der Waals surface area contributed by atoms with Crippen LogP contribution in [0.25, 0.3) is 0 Å². The zero-order valence-corrected chi connectivity index (χ0v) is 12.1. The largest absolute Gasteiger partial charge is 0.315 e. The Morgan fingerprint density at radius 3 is 2.59 bits per heavy atom. The maximum Gasteiger partial charge on any atom is 0.0216 e. The molecule has 1 N–H and O–H groups in total. The van der Waals surface area contributed by atoms with Crippen LogP contribution in [0.4, 0.5) is 0 Å². The molecule has 0 spiro atoms. The van der Waals surface area contributed by atoms with E-state index in [4.69, 9.17) is 0 Å². The first-order chi connectivity index (χ1) is 8.09. The highest BCUT2D eigenvalue weighted by molar-refractivity contribution is 4.90. The second-order valence-corrected chi connectivity index (χ2v) is 6.06. The molecule has 0 radical (unpaired) electrons. The zero-order chi connectivity index (χ0) is 12.7. The summed E-state index contributed by atoms with van der Waals surface area (Å²) in [5.74, 6) is 1.64. The van der Waals surface area contributed by atoms with Crippen LogP contribution in [0.5, 0.6) is 0 Å². The standard InChI is InChI=1S/C15H30N2/c1-13(2)10-15(17(3)4)12-16-11-14-8-6-5-7-9-14/h5-6,13-16H,7-12H2,1-4H3. The summed E-state index contributed by atoms with van der Waals surface area (Å²) in [6.45, 7) is 6.93. The monoisotopic (exact) mass is 238 g/mol. The Bertz CT molecular complexity index is 221. The van der Waals surface area contributed by atoms with Gasteiger partial charge in [-0.05, 0) is 58.2 Å². The Labute approximate surface area is 107 Å². The van der Waals surface area contributed by atoms with Gasteiger partial charge in [-0.1, -0.05) is 26.0 Å². The molecule has 0 saturated heterocycles. The minimum atomic E-state index is 0.675. The fourth-order valence-electron chi connectivity index (χ4n) is 2.52. The Morgan fingerprint density at radius 1 is 1.29 bits per heavy atom. The van der Waals surface area contributed by atoms with Crippen LogP contribution in [0.2, 0.25) is 0 Å². The number of allylic oxidation sites excluding steroid dienone is 2. The van der Waals surface area contributed by atoms with E-state index in [1.54, 1.807) is 0 Å². The summed E-state index contributed by atoms with van der Waals surface area (Å²) in [5, 5.41) is 3.67. The van der Waals surface area contributed by atoms with Crippen LogP contribution >= 0.6 is 0 Å². The molecule has 17 heavy (non-hydrogen) atoms. The topological polar surface area (TPSA) is 15.3 Å². The Balaban J connectivity index is 2.19. The normalized spacial score (nSPS) is 22.4. The minimum Gasteiger partial charge on any atom is -0.315 e. The van der Waals surface area contributed by atoms with Crippen LogP contribution < -0.4 is 5.32 Å². The summed E-state index contributed by atoms with van der Waals surface area (Å²) < 4.78 is 0. The summed E-state index contributed by atoms with van der Waals surface area (Å²) in [6, 6.07) is 0.675. The number of rotatable bonds is 7. The van der Waals surface area contributed by atoms with Gasteiger partial charge in [-0.3, -0.25) is 0 Å². The molecule has 2 nitrogen and oxygen atoms in total. The van der Waals surface area contributed by atoms with Crippen molar-refractivity contribution in [1.82, 2.24) is 10.2 Å². The first kappa shape index (κ1) is 14.7. The first-order valence-electron chi connectivity index (χ1n) is 7.11. The third-order valence-electron chi connectivity index (χ3n) is 3.66. The van der Waals surface area contributed by atoms with Crippen LogP contribution in [-0.2, 0) is 0 Å². The van der Waals surface area contributed by atoms with Crippen molar-refractivity contribution < 1.29 is 0 Å². The minimum absolute atomic E-state index is 0.675. The number of hydrogen-bond acceptors (Lipinski definition) is 2. The molecular weight excluding hydrogens is 208 g/mol. The van der Waals surface area contributed by atoms with E-state index >= 15 is 0 Å². The van der Waals surface area contributed by atoms with Crippen molar-refractivity contribution in [3.63, 3.8) is 0 Å². The van der Waals surface area contributed by atoms with Crippen molar-refractivity contribution in [2.75, 3.05) is 27.2 Å². The highest BCUT2D eigenvalue weighted by Crippen LogP contribution is 2.17. The lowest BCUT2D eigenvalue weighted by atomic mass is 9.94. The fraction of sp³-hybridized carbons (Fsp3) is 0.867. The average Bonchev–Trinajstić information content (AvgIpc) is 2.28. The third-order valence-corrected chi connectivity index (χ3v) is 3.66. The molecule has 1 aliphatic rings. The van der Waals surface area contributed by atoms with E-state index in [1.165, 1.54) is 32.2 Å². The lowest BCUT2D eigenvalue weighted by Gasteiger charge is -2.27. The second-order valence-electron chi connectivity index (χ2n) is 6.06. The van der Waals surface area contributed by atoms with Crippen LogP contribution in [0.3, 0.4) is 0 Å². The molecule has 0 aliphatic heterocycles. The highest BCUT2D eigenvalue weighted by Gasteiger charge is 2.14. The van der Waals surface area contributed by atoms with Gasteiger partial charge in [0.1, 0.15) is 0 Å². The molecule has 0 fully saturated rings. The van der Waals surface area contributed by atoms with Crippen molar-refractivity contribution in [2.45, 2.75) is 45.6 Å². The Hall–Kier alpha value is -0.340. The molecule has 0 aromatic heterocycles. The van der Waals surface area contributed by atoms with E-state index in [0.29, 0.717) is 6.04 Å². The molecule has 0 aromatic carbocycles. The number of hydrogen-bond donors (Lipinski definition) is 1. The maximum absolute atomic E-state index is 3.67. The van der Waals surface area contributed by atoms with Gasteiger partial charge in [0.25, 0.3) is 0 Å². The molecule has 2 unspecified atom stereocenters. The van der Waals surface area contributed by atoms with Gasteiger partial charge in [0.15, 0.2) is 0 Å². The SMILES string of the molecule is CC(C)CC(CNCC1CC=CCC1)N(C)C. The van der Waals surface area contributed by atoms with Crippen molar-refractivity contribution >= 4 is 0 Å². The molecule has 0 heterocycles. The summed E-state index contributed by atoms with van der Waals surface area (Å²) in [7, 11) is 4.39. The Morgan fingerprint density at radius 2 is 2.06 bits per heavy atom. The van der Waals surface area contributed by atoms with E-state index in [0.717, 1.165) is 18.4 Å². The molecule has 2 atom stereocenters. The van der Waals surface area contributed by atoms with Crippen LogP contribution in [0.1, 0.15) is 39.5 Å². The lowest BCUT2D eigenvalue weighted by Crippen LogP contribution is -2.40. The molecule has 0 saturated carbocycles. The van der Waals surface area contributed by atoms with E-state index < -0.39 is 0 Å². The van der Waals surface area contributed by atoms with E-state index in [2.05, 4.69) is 50.3 Å². The predicted molar refractivity (Wildman–Crippen MR) is 76.3 cm³/mol. The van der Waals surface area contributed by atoms with Gasteiger partial charge in [0, 0.05) is 12.6 Å². The molecule has 2 heteroatoms. The molecular formula is C15H30N2. The fourth-order valence-corrected chi connectivity index (χ4v) is 2.52. The highest BCUT2D eigenvalue weighted by atomic mass is 15.1. The molecule has 0 aromatic rings. The first-order valence-corrected chi connectivity index (χ1v) is 7.11. The van der Waals surface area contributed by atoms with Gasteiger partial charge in [0.05, 0.1) is 0 Å². The maximum atomic E-state index is 3.67. The van der Waals surface area contributed by atoms with Gasteiger partial charge in [-0.25, -0.2) is 0 Å². The van der Waals surface area contributed by atoms with E-state index in [1.807, 2.05) is 0 Å². The number of nitrogens with one attached hydrogen (secondary N) is 1. The molecule has 0 bridgehead atoms. The van der Waals surface area contributed by atoms with Crippen LogP contribution in [0.15, 0.2) is 12.2 Å². The summed E-state index contributed by atoms with van der Waals surface area (Å²) in [6.07, 6.45) is 9.84. The van der Waals surface area contributed by atoms with E-state index in [-0.39, 0.29) is 0 Å². The van der Waals surface area contributed by atoms with Crippen molar-refractivity contribution in [2.24, 2.45) is 11.8 Å². The van der Waals surface area contributed by atoms with Gasteiger partial charge in [-0.2, -0.15) is 0 Å². The van der Waals surface area contributed by atoms with Gasteiger partial charge >= 0.3 is 0 Å². The molecule has 0 amide bonds. The summed E-state index contributed by atoms with van der Waals surface area (Å²) in [5.41, 5.74) is 0. The summed E-state index contributed by atoms with van der Waals surface area (Å²) in [4.78, 5) is 2.35. The smallest absolute Gasteiger partial charge is 0.0216 e. The molecule has 1 aliphatic carbocycles. The quantitative estimate of drug-likeness (QED) is 0.686. The van der Waals surface area contributed by atoms with E-state index in [9.17, 15) is 0 Å². The van der Waals surface area contributed by atoms with Crippen LogP contribution in [0, 0.1) is 11.8 Å². The van der Waals surface area contributed by atoms with Gasteiger partial charge in [-0.15, -0.1) is 0 Å². The van der Waals surface area contributed by atoms with Crippen molar-refractivity contribution in [3.05, 3.63) is 12.2 Å². The van der Waals surface area contributed by atoms with Crippen LogP contribution in [-0.4, -0.2) is 38.1 Å². The van der Waals surface area contributed by atoms with Crippen molar-refractivity contribution in [1.29, 1.82) is 0 Å². The lowest BCUT2D eigenvalue weighted by molar-refractivity contribution is 0.242. The zero-order valence-electron chi connectivity index (χ0n) is 12.1.